The molecule has 0 radical (unpaired) electrons. The molecular formula is C11H14I2N2O2. The maximum Gasteiger partial charge on any atom is 0.265 e. The molecule has 0 spiro atoms. The maximum absolute atomic E-state index is 11.8. The summed E-state index contributed by atoms with van der Waals surface area (Å²) in [6.07, 6.45) is 0. The van der Waals surface area contributed by atoms with Gasteiger partial charge in [-0.2, -0.15) is 0 Å². The molecule has 2 N–H and O–H groups in total. The van der Waals surface area contributed by atoms with Crippen LogP contribution in [0.1, 0.15) is 24.2 Å². The first-order valence-electron chi connectivity index (χ1n) is 5.04. The number of rotatable bonds is 4. The molecule has 0 atom stereocenters. The van der Waals surface area contributed by atoms with Crippen molar-refractivity contribution in [1.82, 2.24) is 10.9 Å². The molecule has 0 aliphatic rings. The summed E-state index contributed by atoms with van der Waals surface area (Å²) in [5, 5.41) is 0. The largest absolute Gasteiger partial charge is 0.495 e. The van der Waals surface area contributed by atoms with Crippen LogP contribution in [-0.2, 0) is 0 Å². The molecule has 0 saturated carbocycles. The molecule has 1 aromatic rings. The van der Waals surface area contributed by atoms with Gasteiger partial charge in [-0.1, -0.05) is 0 Å². The first kappa shape index (κ1) is 15.0. The lowest BCUT2D eigenvalue weighted by atomic mass is 10.2. The number of hydrogen-bond donors (Lipinski definition) is 2. The van der Waals surface area contributed by atoms with Gasteiger partial charge in [0.25, 0.3) is 5.91 Å². The second-order valence-electron chi connectivity index (χ2n) is 3.73. The normalized spacial score (nSPS) is 10.5. The Morgan fingerprint density at radius 3 is 2.24 bits per heavy atom. The van der Waals surface area contributed by atoms with Crippen LogP contribution in [-0.4, -0.2) is 19.1 Å². The zero-order valence-electron chi connectivity index (χ0n) is 9.80. The fourth-order valence-electron chi connectivity index (χ4n) is 1.17. The van der Waals surface area contributed by atoms with E-state index >= 15 is 0 Å². The number of methoxy groups -OCH3 is 1. The topological polar surface area (TPSA) is 50.4 Å². The summed E-state index contributed by atoms with van der Waals surface area (Å²) >= 11 is 4.31. The van der Waals surface area contributed by atoms with E-state index < -0.39 is 0 Å². The standard InChI is InChI=1S/C11H14I2N2O2/c1-6(2)14-15-11(16)7-4-8(12)10(17-3)9(13)5-7/h4-6,14H,1-3H3,(H,15,16). The maximum atomic E-state index is 11.8. The van der Waals surface area contributed by atoms with Crippen molar-refractivity contribution in [2.75, 3.05) is 7.11 Å². The molecule has 0 aromatic heterocycles. The van der Waals surface area contributed by atoms with E-state index in [1.54, 1.807) is 19.2 Å². The highest BCUT2D eigenvalue weighted by Gasteiger charge is 2.12. The molecular weight excluding hydrogens is 446 g/mol. The highest BCUT2D eigenvalue weighted by atomic mass is 127. The molecule has 0 bridgehead atoms. The van der Waals surface area contributed by atoms with E-state index in [4.69, 9.17) is 4.74 Å². The first-order chi connectivity index (χ1) is 7.95. The Morgan fingerprint density at radius 1 is 1.29 bits per heavy atom. The predicted octanol–water partition coefficient (Wildman–Crippen LogP) is 2.55. The monoisotopic (exact) mass is 460 g/mol. The van der Waals surface area contributed by atoms with Gasteiger partial charge in [0.15, 0.2) is 0 Å². The summed E-state index contributed by atoms with van der Waals surface area (Å²) in [6.45, 7) is 3.92. The number of nitrogens with one attached hydrogen (secondary N) is 2. The van der Waals surface area contributed by atoms with Gasteiger partial charge in [-0.25, -0.2) is 5.43 Å². The van der Waals surface area contributed by atoms with Crippen molar-refractivity contribution >= 4 is 51.1 Å². The molecule has 0 saturated heterocycles. The summed E-state index contributed by atoms with van der Waals surface area (Å²) in [7, 11) is 1.62. The first-order valence-corrected chi connectivity index (χ1v) is 7.20. The SMILES string of the molecule is COc1c(I)cc(C(=O)NNC(C)C)cc1I. The highest BCUT2D eigenvalue weighted by molar-refractivity contribution is 14.1. The van der Waals surface area contributed by atoms with E-state index in [2.05, 4.69) is 56.0 Å². The van der Waals surface area contributed by atoms with Gasteiger partial charge in [-0.15, -0.1) is 0 Å². The van der Waals surface area contributed by atoms with E-state index in [1.165, 1.54) is 0 Å². The molecule has 4 nitrogen and oxygen atoms in total. The molecule has 1 amide bonds. The summed E-state index contributed by atoms with van der Waals surface area (Å²) in [5.74, 6) is 0.664. The zero-order chi connectivity index (χ0) is 13.0. The van der Waals surface area contributed by atoms with Crippen molar-refractivity contribution in [2.45, 2.75) is 19.9 Å². The Kier molecular flexibility index (Phi) is 5.93. The summed E-state index contributed by atoms with van der Waals surface area (Å²) < 4.78 is 7.09. The summed E-state index contributed by atoms with van der Waals surface area (Å²) in [6, 6.07) is 3.81. The third kappa shape index (κ3) is 4.25. The average molecular weight is 460 g/mol. The van der Waals surface area contributed by atoms with E-state index in [0.717, 1.165) is 12.9 Å². The second kappa shape index (κ2) is 6.74. The van der Waals surface area contributed by atoms with E-state index in [0.29, 0.717) is 5.56 Å². The van der Waals surface area contributed by atoms with Crippen LogP contribution in [0.25, 0.3) is 0 Å². The Balaban J connectivity index is 2.89. The van der Waals surface area contributed by atoms with E-state index in [1.807, 2.05) is 13.8 Å². The average Bonchev–Trinajstić information content (AvgIpc) is 2.25. The smallest absolute Gasteiger partial charge is 0.265 e. The number of carbonyl (C=O) groups excluding carboxylic acids is 1. The number of halogens is 2. The van der Waals surface area contributed by atoms with Crippen molar-refractivity contribution in [2.24, 2.45) is 0 Å². The molecule has 0 fully saturated rings. The molecule has 0 aliphatic heterocycles. The van der Waals surface area contributed by atoms with Gasteiger partial charge < -0.3 is 4.74 Å². The minimum Gasteiger partial charge on any atom is -0.495 e. The van der Waals surface area contributed by atoms with Gasteiger partial charge in [0.1, 0.15) is 5.75 Å². The van der Waals surface area contributed by atoms with Gasteiger partial charge >= 0.3 is 0 Å². The lowest BCUT2D eigenvalue weighted by molar-refractivity contribution is 0.0927. The van der Waals surface area contributed by atoms with Crippen molar-refractivity contribution in [3.05, 3.63) is 24.8 Å². The molecule has 0 unspecified atom stereocenters. The number of ether oxygens (including phenoxy) is 1. The van der Waals surface area contributed by atoms with Gasteiger partial charge in [-0.05, 0) is 71.2 Å². The molecule has 1 aromatic carbocycles. The van der Waals surface area contributed by atoms with Crippen LogP contribution < -0.4 is 15.6 Å². The van der Waals surface area contributed by atoms with E-state index in [9.17, 15) is 4.79 Å². The minimum absolute atomic E-state index is 0.141. The van der Waals surface area contributed by atoms with Crippen LogP contribution >= 0.6 is 45.2 Å². The van der Waals surface area contributed by atoms with Crippen LogP contribution in [0.2, 0.25) is 0 Å². The predicted molar refractivity (Wildman–Crippen MR) is 84.2 cm³/mol. The fraction of sp³-hybridized carbons (Fsp3) is 0.364. The van der Waals surface area contributed by atoms with Crippen LogP contribution in [0.4, 0.5) is 0 Å². The number of amides is 1. The van der Waals surface area contributed by atoms with Gasteiger partial charge in [0.05, 0.1) is 14.3 Å². The Bertz CT molecular complexity index is 399. The quantitative estimate of drug-likeness (QED) is 0.537. The van der Waals surface area contributed by atoms with Gasteiger partial charge in [-0.3, -0.25) is 10.2 Å². The van der Waals surface area contributed by atoms with Gasteiger partial charge in [0.2, 0.25) is 0 Å². The Labute approximate surface area is 128 Å². The lowest BCUT2D eigenvalue weighted by Gasteiger charge is -2.12. The Hall–Kier alpha value is -0.0900. The number of carbonyl (C=O) groups is 1. The number of hydrazine groups is 1. The summed E-state index contributed by atoms with van der Waals surface area (Å²) in [5.41, 5.74) is 6.15. The molecule has 17 heavy (non-hydrogen) atoms. The van der Waals surface area contributed by atoms with E-state index in [-0.39, 0.29) is 11.9 Å². The zero-order valence-corrected chi connectivity index (χ0v) is 14.1. The molecule has 0 aliphatic carbocycles. The second-order valence-corrected chi connectivity index (χ2v) is 6.05. The molecule has 0 heterocycles. The minimum atomic E-state index is -0.141. The lowest BCUT2D eigenvalue weighted by Crippen LogP contribution is -2.41. The van der Waals surface area contributed by atoms with Crippen LogP contribution in [0, 0.1) is 7.14 Å². The van der Waals surface area contributed by atoms with Crippen molar-refractivity contribution in [3.63, 3.8) is 0 Å². The van der Waals surface area contributed by atoms with Crippen LogP contribution in [0.15, 0.2) is 12.1 Å². The molecule has 1 rings (SSSR count). The van der Waals surface area contributed by atoms with Gasteiger partial charge in [0, 0.05) is 11.6 Å². The Morgan fingerprint density at radius 2 is 1.82 bits per heavy atom. The summed E-state index contributed by atoms with van der Waals surface area (Å²) in [4.78, 5) is 11.8. The highest BCUT2D eigenvalue weighted by Crippen LogP contribution is 2.28. The van der Waals surface area contributed by atoms with Crippen molar-refractivity contribution in [1.29, 1.82) is 0 Å². The van der Waals surface area contributed by atoms with Crippen molar-refractivity contribution < 1.29 is 9.53 Å². The molecule has 6 heteroatoms. The third-order valence-electron chi connectivity index (χ3n) is 1.94. The molecule has 94 valence electrons. The third-order valence-corrected chi connectivity index (χ3v) is 3.54. The van der Waals surface area contributed by atoms with Crippen LogP contribution in [0.5, 0.6) is 5.75 Å². The number of hydrogen-bond acceptors (Lipinski definition) is 3. The van der Waals surface area contributed by atoms with Crippen molar-refractivity contribution in [3.8, 4) is 5.75 Å². The fourth-order valence-corrected chi connectivity index (χ4v) is 3.38. The van der Waals surface area contributed by atoms with Crippen LogP contribution in [0.3, 0.4) is 0 Å². The number of benzene rings is 1.